The summed E-state index contributed by atoms with van der Waals surface area (Å²) in [5, 5.41) is 0. The first-order valence-electron chi connectivity index (χ1n) is 8.57. The van der Waals surface area contributed by atoms with Crippen LogP contribution in [0.2, 0.25) is 0 Å². The van der Waals surface area contributed by atoms with Gasteiger partial charge in [0, 0.05) is 32.7 Å². The first-order valence-corrected chi connectivity index (χ1v) is 8.57. The van der Waals surface area contributed by atoms with E-state index in [0.717, 1.165) is 45.3 Å². The van der Waals surface area contributed by atoms with E-state index in [1.807, 2.05) is 11.8 Å². The zero-order valence-electron chi connectivity index (χ0n) is 14.0. The number of ether oxygens (including phenoxy) is 1. The van der Waals surface area contributed by atoms with Gasteiger partial charge in [-0.25, -0.2) is 0 Å². The van der Waals surface area contributed by atoms with Crippen molar-refractivity contribution in [1.82, 2.24) is 9.80 Å². The lowest BCUT2D eigenvalue weighted by Gasteiger charge is -2.36. The van der Waals surface area contributed by atoms with Gasteiger partial charge >= 0.3 is 0 Å². The highest BCUT2D eigenvalue weighted by molar-refractivity contribution is 5.88. The minimum Gasteiger partial charge on any atom is -0.378 e. The van der Waals surface area contributed by atoms with Crippen LogP contribution in [0.25, 0.3) is 0 Å². The molecule has 2 saturated heterocycles. The van der Waals surface area contributed by atoms with Crippen molar-refractivity contribution in [3.05, 3.63) is 0 Å². The highest BCUT2D eigenvalue weighted by atomic mass is 35.5. The first-order chi connectivity index (χ1) is 10.7. The summed E-state index contributed by atoms with van der Waals surface area (Å²) in [6.45, 7) is 5.52. The maximum absolute atomic E-state index is 12.7. The number of carbonyl (C=O) groups is 2. The molecule has 6 nitrogen and oxygen atoms in total. The van der Waals surface area contributed by atoms with Crippen LogP contribution in [0.1, 0.15) is 45.4 Å². The predicted molar refractivity (Wildman–Crippen MR) is 91.5 cm³/mol. The molecule has 0 aromatic carbocycles. The van der Waals surface area contributed by atoms with Crippen molar-refractivity contribution in [2.75, 3.05) is 32.8 Å². The fourth-order valence-corrected chi connectivity index (χ4v) is 3.31. The van der Waals surface area contributed by atoms with Gasteiger partial charge in [0.25, 0.3) is 0 Å². The van der Waals surface area contributed by atoms with Crippen LogP contribution in [-0.4, -0.2) is 66.5 Å². The molecule has 0 aliphatic carbocycles. The fourth-order valence-electron chi connectivity index (χ4n) is 3.31. The van der Waals surface area contributed by atoms with Crippen molar-refractivity contribution < 1.29 is 14.3 Å². The van der Waals surface area contributed by atoms with E-state index in [1.54, 1.807) is 4.90 Å². The van der Waals surface area contributed by atoms with Gasteiger partial charge in [-0.3, -0.25) is 9.59 Å². The molecule has 0 spiro atoms. The summed E-state index contributed by atoms with van der Waals surface area (Å²) in [5.74, 6) is 0.235. The summed E-state index contributed by atoms with van der Waals surface area (Å²) >= 11 is 0. The van der Waals surface area contributed by atoms with Gasteiger partial charge in [-0.15, -0.1) is 12.4 Å². The second kappa shape index (κ2) is 10.1. The molecule has 1 unspecified atom stereocenters. The lowest BCUT2D eigenvalue weighted by atomic mass is 10.1. The number of piperidine rings is 1. The van der Waals surface area contributed by atoms with Gasteiger partial charge in [-0.2, -0.15) is 0 Å². The topological polar surface area (TPSA) is 75.9 Å². The highest BCUT2D eigenvalue weighted by Gasteiger charge is 2.35. The smallest absolute Gasteiger partial charge is 0.245 e. The summed E-state index contributed by atoms with van der Waals surface area (Å²) in [6.07, 6.45) is 5.03. The molecule has 2 aliphatic heterocycles. The maximum Gasteiger partial charge on any atom is 0.245 e. The number of halogens is 1. The summed E-state index contributed by atoms with van der Waals surface area (Å²) in [4.78, 5) is 28.3. The molecule has 2 amide bonds. The third-order valence-corrected chi connectivity index (χ3v) is 4.61. The molecule has 2 rings (SSSR count). The highest BCUT2D eigenvalue weighted by Crippen LogP contribution is 2.20. The SMILES string of the molecule is CCC(C(=O)N1CCC(OCCCN)CC1)N1CCCC1=O.Cl. The van der Waals surface area contributed by atoms with E-state index < -0.39 is 0 Å². The molecule has 0 bridgehead atoms. The second-order valence-electron chi connectivity index (χ2n) is 6.15. The summed E-state index contributed by atoms with van der Waals surface area (Å²) in [6, 6.07) is -0.273. The molecule has 134 valence electrons. The quantitative estimate of drug-likeness (QED) is 0.701. The third kappa shape index (κ3) is 5.33. The number of hydrogen-bond acceptors (Lipinski definition) is 4. The van der Waals surface area contributed by atoms with Gasteiger partial charge in [0.15, 0.2) is 0 Å². The van der Waals surface area contributed by atoms with Crippen LogP contribution in [-0.2, 0) is 14.3 Å². The number of rotatable bonds is 7. The molecule has 2 fully saturated rings. The molecular weight excluding hydrogens is 318 g/mol. The Morgan fingerprint density at radius 2 is 2.04 bits per heavy atom. The van der Waals surface area contributed by atoms with Crippen LogP contribution in [0.5, 0.6) is 0 Å². The zero-order chi connectivity index (χ0) is 15.9. The minimum atomic E-state index is -0.273. The summed E-state index contributed by atoms with van der Waals surface area (Å²) < 4.78 is 5.77. The van der Waals surface area contributed by atoms with Gasteiger partial charge in [0.05, 0.1) is 6.10 Å². The molecule has 0 saturated carbocycles. The van der Waals surface area contributed by atoms with Crippen LogP contribution in [0.3, 0.4) is 0 Å². The Balaban J connectivity index is 0.00000264. The lowest BCUT2D eigenvalue weighted by molar-refractivity contribution is -0.145. The molecule has 0 aromatic rings. The van der Waals surface area contributed by atoms with Crippen LogP contribution in [0.4, 0.5) is 0 Å². The minimum absolute atomic E-state index is 0. The Labute approximate surface area is 145 Å². The molecule has 0 radical (unpaired) electrons. The number of nitrogens with two attached hydrogens (primary N) is 1. The predicted octanol–water partition coefficient (Wildman–Crippen LogP) is 1.17. The number of nitrogens with zero attached hydrogens (tertiary/aromatic N) is 2. The standard InChI is InChI=1S/C16H29N3O3.ClH/c1-2-14(19-9-3-5-15(19)20)16(21)18-10-6-13(7-11-18)22-12-4-8-17;/h13-14H,2-12,17H2,1H3;1H. The van der Waals surface area contributed by atoms with Crippen molar-refractivity contribution >= 4 is 24.2 Å². The van der Waals surface area contributed by atoms with Crippen molar-refractivity contribution in [3.8, 4) is 0 Å². The van der Waals surface area contributed by atoms with Crippen LogP contribution in [0, 0.1) is 0 Å². The van der Waals surface area contributed by atoms with Crippen LogP contribution < -0.4 is 5.73 Å². The number of amides is 2. The monoisotopic (exact) mass is 347 g/mol. The molecule has 2 N–H and O–H groups in total. The van der Waals surface area contributed by atoms with E-state index in [2.05, 4.69) is 0 Å². The van der Waals surface area contributed by atoms with E-state index >= 15 is 0 Å². The maximum atomic E-state index is 12.7. The number of carbonyl (C=O) groups excluding carboxylic acids is 2. The van der Waals surface area contributed by atoms with E-state index in [4.69, 9.17) is 10.5 Å². The van der Waals surface area contributed by atoms with Gasteiger partial charge in [-0.05, 0) is 38.6 Å². The molecule has 2 heterocycles. The molecule has 1 atom stereocenters. The summed E-state index contributed by atoms with van der Waals surface area (Å²) in [5.41, 5.74) is 5.46. The van der Waals surface area contributed by atoms with Crippen molar-refractivity contribution in [2.45, 2.75) is 57.6 Å². The van der Waals surface area contributed by atoms with Crippen molar-refractivity contribution in [1.29, 1.82) is 0 Å². The van der Waals surface area contributed by atoms with Gasteiger partial charge < -0.3 is 20.3 Å². The summed E-state index contributed by atoms with van der Waals surface area (Å²) in [7, 11) is 0. The van der Waals surface area contributed by atoms with E-state index in [1.165, 1.54) is 0 Å². The van der Waals surface area contributed by atoms with E-state index in [0.29, 0.717) is 26.0 Å². The third-order valence-electron chi connectivity index (χ3n) is 4.61. The van der Waals surface area contributed by atoms with Crippen molar-refractivity contribution in [3.63, 3.8) is 0 Å². The number of hydrogen-bond donors (Lipinski definition) is 1. The molecule has 2 aliphatic rings. The van der Waals surface area contributed by atoms with E-state index in [9.17, 15) is 9.59 Å². The van der Waals surface area contributed by atoms with Crippen LogP contribution in [0.15, 0.2) is 0 Å². The van der Waals surface area contributed by atoms with Gasteiger partial charge in [0.1, 0.15) is 6.04 Å². The Hall–Kier alpha value is -0.850. The molecule has 23 heavy (non-hydrogen) atoms. The Kier molecular flexibility index (Phi) is 8.87. The van der Waals surface area contributed by atoms with Crippen LogP contribution >= 0.6 is 12.4 Å². The molecular formula is C16H30ClN3O3. The largest absolute Gasteiger partial charge is 0.378 e. The first kappa shape index (κ1) is 20.2. The van der Waals surface area contributed by atoms with Crippen molar-refractivity contribution in [2.24, 2.45) is 5.73 Å². The number of likely N-dealkylation sites (tertiary alicyclic amines) is 2. The molecule has 7 heteroatoms. The normalized spacial score (nSPS) is 20.5. The zero-order valence-corrected chi connectivity index (χ0v) is 14.9. The lowest BCUT2D eigenvalue weighted by Crippen LogP contribution is -2.51. The van der Waals surface area contributed by atoms with Gasteiger partial charge in [0.2, 0.25) is 11.8 Å². The van der Waals surface area contributed by atoms with E-state index in [-0.39, 0.29) is 36.4 Å². The van der Waals surface area contributed by atoms with Gasteiger partial charge in [-0.1, -0.05) is 6.92 Å². The Morgan fingerprint density at radius 3 is 2.57 bits per heavy atom. The second-order valence-corrected chi connectivity index (χ2v) is 6.15. The average molecular weight is 348 g/mol. The average Bonchev–Trinajstić information content (AvgIpc) is 2.95. The Bertz CT molecular complexity index is 387. The fraction of sp³-hybridized carbons (Fsp3) is 0.875. The Morgan fingerprint density at radius 1 is 1.35 bits per heavy atom. The molecule has 0 aromatic heterocycles.